The highest BCUT2D eigenvalue weighted by atomic mass is 32.2. The van der Waals surface area contributed by atoms with Gasteiger partial charge in [-0.1, -0.05) is 0 Å². The molecule has 7 nitrogen and oxygen atoms in total. The summed E-state index contributed by atoms with van der Waals surface area (Å²) < 4.78 is 29.4. The van der Waals surface area contributed by atoms with Crippen LogP contribution in [0.15, 0.2) is 29.2 Å². The summed E-state index contributed by atoms with van der Waals surface area (Å²) in [6, 6.07) is 5.87. The molecule has 1 aromatic rings. The Labute approximate surface area is 134 Å². The maximum Gasteiger partial charge on any atom is 0.315 e. The quantitative estimate of drug-likeness (QED) is 0.734. The van der Waals surface area contributed by atoms with Crippen molar-refractivity contribution in [1.82, 2.24) is 4.31 Å². The first-order valence-corrected chi connectivity index (χ1v) is 8.84. The average Bonchev–Trinajstić information content (AvgIpc) is 2.47. The normalized spacial score (nSPS) is 11.3. The van der Waals surface area contributed by atoms with Crippen LogP contribution in [0.1, 0.15) is 0 Å². The van der Waals surface area contributed by atoms with Crippen molar-refractivity contribution in [3.8, 4) is 0 Å². The number of ether oxygens (including phenoxy) is 1. The second-order valence-electron chi connectivity index (χ2n) is 4.43. The van der Waals surface area contributed by atoms with Crippen molar-refractivity contribution in [3.05, 3.63) is 24.3 Å². The minimum atomic E-state index is -3.48. The lowest BCUT2D eigenvalue weighted by Crippen LogP contribution is -2.22. The molecule has 0 spiro atoms. The SMILES string of the molecule is COC(=O)CSCC(=O)Nc1ccc(S(=O)(=O)N(C)C)cc1. The fraction of sp³-hybridized carbons (Fsp3) is 0.385. The molecule has 0 bridgehead atoms. The van der Waals surface area contributed by atoms with Crippen LogP contribution in [0.2, 0.25) is 0 Å². The molecule has 9 heteroatoms. The predicted octanol–water partition coefficient (Wildman–Crippen LogP) is 0.782. The molecule has 1 aromatic carbocycles. The molecule has 0 fully saturated rings. The van der Waals surface area contributed by atoms with Gasteiger partial charge in [0.25, 0.3) is 0 Å². The Bertz CT molecular complexity index is 626. The Morgan fingerprint density at radius 1 is 1.18 bits per heavy atom. The zero-order valence-electron chi connectivity index (χ0n) is 12.5. The molecule has 1 rings (SSSR count). The Morgan fingerprint density at radius 3 is 2.27 bits per heavy atom. The third-order valence-corrected chi connectivity index (χ3v) is 5.33. The minimum absolute atomic E-state index is 0.101. The largest absolute Gasteiger partial charge is 0.468 e. The summed E-state index contributed by atoms with van der Waals surface area (Å²) in [7, 11) is 0.696. The van der Waals surface area contributed by atoms with Gasteiger partial charge in [-0.15, -0.1) is 11.8 Å². The molecule has 22 heavy (non-hydrogen) atoms. The van der Waals surface area contributed by atoms with E-state index in [9.17, 15) is 18.0 Å². The smallest absolute Gasteiger partial charge is 0.315 e. The van der Waals surface area contributed by atoms with E-state index in [4.69, 9.17) is 0 Å². The summed E-state index contributed by atoms with van der Waals surface area (Å²) in [5.41, 5.74) is 0.487. The predicted molar refractivity (Wildman–Crippen MR) is 85.3 cm³/mol. The second-order valence-corrected chi connectivity index (χ2v) is 7.57. The van der Waals surface area contributed by atoms with E-state index in [0.717, 1.165) is 16.1 Å². The van der Waals surface area contributed by atoms with Crippen LogP contribution in [0.3, 0.4) is 0 Å². The van der Waals surface area contributed by atoms with Gasteiger partial charge in [-0.25, -0.2) is 12.7 Å². The van der Waals surface area contributed by atoms with Crippen molar-refractivity contribution in [1.29, 1.82) is 0 Å². The van der Waals surface area contributed by atoms with E-state index < -0.39 is 16.0 Å². The molecule has 0 saturated carbocycles. The van der Waals surface area contributed by atoms with E-state index in [1.54, 1.807) is 0 Å². The molecule has 0 radical (unpaired) electrons. The molecule has 0 aromatic heterocycles. The van der Waals surface area contributed by atoms with Crippen LogP contribution in [-0.4, -0.2) is 57.3 Å². The number of carbonyl (C=O) groups excluding carboxylic acids is 2. The summed E-state index contributed by atoms with van der Waals surface area (Å²) in [6.07, 6.45) is 0. The number of anilines is 1. The molecular formula is C13H18N2O5S2. The molecule has 0 aliphatic rings. The van der Waals surface area contributed by atoms with Gasteiger partial charge in [-0.05, 0) is 24.3 Å². The summed E-state index contributed by atoms with van der Waals surface area (Å²) in [6.45, 7) is 0. The van der Waals surface area contributed by atoms with Crippen LogP contribution in [0.4, 0.5) is 5.69 Å². The van der Waals surface area contributed by atoms with Gasteiger partial charge in [0.15, 0.2) is 0 Å². The van der Waals surface area contributed by atoms with Crippen LogP contribution in [0, 0.1) is 0 Å². The number of benzene rings is 1. The van der Waals surface area contributed by atoms with E-state index in [-0.39, 0.29) is 22.3 Å². The van der Waals surface area contributed by atoms with Crippen molar-refractivity contribution in [2.45, 2.75) is 4.90 Å². The molecule has 0 saturated heterocycles. The van der Waals surface area contributed by atoms with Gasteiger partial charge in [-0.2, -0.15) is 0 Å². The van der Waals surface area contributed by atoms with Crippen LogP contribution in [0.25, 0.3) is 0 Å². The van der Waals surface area contributed by atoms with Crippen molar-refractivity contribution in [2.75, 3.05) is 38.0 Å². The van der Waals surface area contributed by atoms with Crippen LogP contribution >= 0.6 is 11.8 Å². The topological polar surface area (TPSA) is 92.8 Å². The first kappa shape index (κ1) is 18.5. The molecule has 0 atom stereocenters. The van der Waals surface area contributed by atoms with Crippen molar-refractivity contribution < 1.29 is 22.7 Å². The third-order valence-electron chi connectivity index (χ3n) is 2.60. The number of sulfonamides is 1. The van der Waals surface area contributed by atoms with Crippen LogP contribution < -0.4 is 5.32 Å². The number of thioether (sulfide) groups is 1. The van der Waals surface area contributed by atoms with Gasteiger partial charge in [-0.3, -0.25) is 9.59 Å². The highest BCUT2D eigenvalue weighted by molar-refractivity contribution is 8.00. The van der Waals surface area contributed by atoms with E-state index >= 15 is 0 Å². The standard InChI is InChI=1S/C13H18N2O5S2/c1-15(2)22(18,19)11-6-4-10(5-7-11)14-12(16)8-21-9-13(17)20-3/h4-7H,8-9H2,1-3H3,(H,14,16). The fourth-order valence-corrected chi connectivity index (χ4v) is 2.95. The summed E-state index contributed by atoms with van der Waals surface area (Å²) in [4.78, 5) is 22.7. The molecule has 0 heterocycles. The number of hydrogen-bond acceptors (Lipinski definition) is 6. The van der Waals surface area contributed by atoms with Gasteiger partial charge >= 0.3 is 5.97 Å². The van der Waals surface area contributed by atoms with Gasteiger partial charge in [0.05, 0.1) is 23.5 Å². The highest BCUT2D eigenvalue weighted by Gasteiger charge is 2.16. The maximum atomic E-state index is 11.9. The van der Waals surface area contributed by atoms with Gasteiger partial charge < -0.3 is 10.1 Å². The van der Waals surface area contributed by atoms with E-state index in [0.29, 0.717) is 5.69 Å². The fourth-order valence-electron chi connectivity index (χ4n) is 1.40. The highest BCUT2D eigenvalue weighted by Crippen LogP contribution is 2.16. The molecule has 0 aliphatic heterocycles. The van der Waals surface area contributed by atoms with Crippen molar-refractivity contribution in [3.63, 3.8) is 0 Å². The van der Waals surface area contributed by atoms with Crippen molar-refractivity contribution in [2.24, 2.45) is 0 Å². The number of nitrogens with one attached hydrogen (secondary N) is 1. The Kier molecular flexibility index (Phi) is 6.85. The monoisotopic (exact) mass is 346 g/mol. The lowest BCUT2D eigenvalue weighted by atomic mass is 10.3. The zero-order valence-corrected chi connectivity index (χ0v) is 14.2. The maximum absolute atomic E-state index is 11.9. The Hall–Kier alpha value is -1.58. The first-order chi connectivity index (χ1) is 10.3. The van der Waals surface area contributed by atoms with Gasteiger partial charge in [0.1, 0.15) is 0 Å². The molecule has 122 valence electrons. The first-order valence-electron chi connectivity index (χ1n) is 6.24. The molecule has 1 amide bonds. The minimum Gasteiger partial charge on any atom is -0.468 e. The molecule has 0 aliphatic carbocycles. The second kappa shape index (κ2) is 8.16. The number of hydrogen-bond donors (Lipinski definition) is 1. The van der Waals surface area contributed by atoms with Crippen LogP contribution in [-0.2, 0) is 24.3 Å². The van der Waals surface area contributed by atoms with Crippen molar-refractivity contribution >= 4 is 39.3 Å². The lowest BCUT2D eigenvalue weighted by molar-refractivity contribution is -0.137. The summed E-state index contributed by atoms with van der Waals surface area (Å²) >= 11 is 1.14. The van der Waals surface area contributed by atoms with Crippen LogP contribution in [0.5, 0.6) is 0 Å². The Balaban J connectivity index is 2.58. The summed E-state index contributed by atoms with van der Waals surface area (Å²) in [5.74, 6) is -0.468. The number of esters is 1. The Morgan fingerprint density at radius 2 is 1.77 bits per heavy atom. The molecule has 0 unspecified atom stereocenters. The zero-order chi connectivity index (χ0) is 16.8. The number of rotatable bonds is 7. The van der Waals surface area contributed by atoms with Gasteiger partial charge in [0.2, 0.25) is 15.9 Å². The number of nitrogens with zero attached hydrogens (tertiary/aromatic N) is 1. The molecule has 1 N–H and O–H groups in total. The van der Waals surface area contributed by atoms with E-state index in [1.165, 1.54) is 45.5 Å². The molecular weight excluding hydrogens is 328 g/mol. The number of carbonyl (C=O) groups is 2. The average molecular weight is 346 g/mol. The third kappa shape index (κ3) is 5.32. The number of methoxy groups -OCH3 is 1. The lowest BCUT2D eigenvalue weighted by Gasteiger charge is -2.12. The van der Waals surface area contributed by atoms with E-state index in [1.807, 2.05) is 0 Å². The summed E-state index contributed by atoms with van der Waals surface area (Å²) in [5, 5.41) is 2.62. The van der Waals surface area contributed by atoms with E-state index in [2.05, 4.69) is 10.1 Å². The number of amides is 1. The van der Waals surface area contributed by atoms with Gasteiger partial charge in [0, 0.05) is 19.8 Å².